The lowest BCUT2D eigenvalue weighted by molar-refractivity contribution is 0.340. The van der Waals surface area contributed by atoms with Gasteiger partial charge in [-0.15, -0.1) is 11.3 Å². The molecule has 0 radical (unpaired) electrons. The predicted molar refractivity (Wildman–Crippen MR) is 106 cm³/mol. The van der Waals surface area contributed by atoms with Crippen molar-refractivity contribution in [3.05, 3.63) is 63.5 Å². The number of ether oxygens (including phenoxy) is 1. The number of benzene rings is 2. The van der Waals surface area contributed by atoms with Gasteiger partial charge in [-0.25, -0.2) is 4.98 Å². The Kier molecular flexibility index (Phi) is 5.91. The molecule has 4 nitrogen and oxygen atoms in total. The monoisotopic (exact) mass is 391 g/mol. The summed E-state index contributed by atoms with van der Waals surface area (Å²) >= 11 is 13.5. The van der Waals surface area contributed by atoms with Gasteiger partial charge in [-0.05, 0) is 48.9 Å². The average Bonchev–Trinajstić information content (AvgIpc) is 3.08. The third-order valence-corrected chi connectivity index (χ3v) is 4.77. The van der Waals surface area contributed by atoms with E-state index >= 15 is 0 Å². The first-order valence-electron chi connectivity index (χ1n) is 7.58. The van der Waals surface area contributed by atoms with Gasteiger partial charge in [-0.1, -0.05) is 29.3 Å². The minimum atomic E-state index is 0.509. The highest BCUT2D eigenvalue weighted by Gasteiger charge is 2.06. The second-order valence-electron chi connectivity index (χ2n) is 5.04. The molecule has 0 aliphatic heterocycles. The second kappa shape index (κ2) is 8.34. The number of thiazole rings is 1. The Hall–Kier alpha value is -2.08. The lowest BCUT2D eigenvalue weighted by Crippen LogP contribution is -1.92. The van der Waals surface area contributed by atoms with Crippen LogP contribution in [0, 0.1) is 0 Å². The fourth-order valence-corrected chi connectivity index (χ4v) is 3.06. The number of anilines is 1. The van der Waals surface area contributed by atoms with Gasteiger partial charge in [0.15, 0.2) is 0 Å². The van der Waals surface area contributed by atoms with Gasteiger partial charge in [0, 0.05) is 10.9 Å². The number of halogens is 2. The van der Waals surface area contributed by atoms with Gasteiger partial charge in [0.1, 0.15) is 5.75 Å². The molecule has 3 aromatic rings. The SMILES string of the molecule is CCOc1ccc(/C=N\Nc2nc(-c3ccc(Cl)c(Cl)c3)cs2)cc1. The van der Waals surface area contributed by atoms with E-state index in [1.807, 2.05) is 42.6 Å². The number of aromatic nitrogens is 1. The third kappa shape index (κ3) is 4.72. The molecule has 0 saturated carbocycles. The van der Waals surface area contributed by atoms with Crippen LogP contribution in [-0.4, -0.2) is 17.8 Å². The van der Waals surface area contributed by atoms with Crippen LogP contribution < -0.4 is 10.2 Å². The van der Waals surface area contributed by atoms with Crippen LogP contribution in [0.3, 0.4) is 0 Å². The van der Waals surface area contributed by atoms with Crippen molar-refractivity contribution in [3.63, 3.8) is 0 Å². The van der Waals surface area contributed by atoms with E-state index < -0.39 is 0 Å². The summed E-state index contributed by atoms with van der Waals surface area (Å²) in [6.45, 7) is 2.61. The van der Waals surface area contributed by atoms with Gasteiger partial charge in [0.25, 0.3) is 0 Å². The summed E-state index contributed by atoms with van der Waals surface area (Å²) in [6, 6.07) is 13.2. The van der Waals surface area contributed by atoms with Crippen molar-refractivity contribution >= 4 is 45.9 Å². The molecule has 128 valence electrons. The first-order chi connectivity index (χ1) is 12.2. The van der Waals surface area contributed by atoms with Crippen LogP contribution in [0.4, 0.5) is 5.13 Å². The van der Waals surface area contributed by atoms with Crippen molar-refractivity contribution in [1.29, 1.82) is 0 Å². The van der Waals surface area contributed by atoms with Crippen LogP contribution in [0.25, 0.3) is 11.3 Å². The number of nitrogens with one attached hydrogen (secondary N) is 1. The molecule has 0 amide bonds. The highest BCUT2D eigenvalue weighted by Crippen LogP contribution is 2.30. The van der Waals surface area contributed by atoms with Crippen LogP contribution in [-0.2, 0) is 0 Å². The zero-order valence-electron chi connectivity index (χ0n) is 13.4. The van der Waals surface area contributed by atoms with Gasteiger partial charge in [0.2, 0.25) is 5.13 Å². The van der Waals surface area contributed by atoms with Crippen LogP contribution >= 0.6 is 34.5 Å². The van der Waals surface area contributed by atoms with E-state index in [1.54, 1.807) is 18.3 Å². The Balaban J connectivity index is 1.64. The number of rotatable bonds is 6. The van der Waals surface area contributed by atoms with E-state index in [-0.39, 0.29) is 0 Å². The molecule has 1 aromatic heterocycles. The topological polar surface area (TPSA) is 46.5 Å². The van der Waals surface area contributed by atoms with E-state index in [4.69, 9.17) is 27.9 Å². The molecule has 0 aliphatic rings. The van der Waals surface area contributed by atoms with Gasteiger partial charge < -0.3 is 4.74 Å². The molecule has 7 heteroatoms. The molecule has 0 fully saturated rings. The largest absolute Gasteiger partial charge is 0.494 e. The molecular weight excluding hydrogens is 377 g/mol. The van der Waals surface area contributed by atoms with E-state index in [9.17, 15) is 0 Å². The highest BCUT2D eigenvalue weighted by atomic mass is 35.5. The molecule has 1 heterocycles. The Morgan fingerprint density at radius 3 is 2.68 bits per heavy atom. The minimum absolute atomic E-state index is 0.509. The van der Waals surface area contributed by atoms with Crippen molar-refractivity contribution in [1.82, 2.24) is 4.98 Å². The number of nitrogens with zero attached hydrogens (tertiary/aromatic N) is 2. The highest BCUT2D eigenvalue weighted by molar-refractivity contribution is 7.14. The van der Waals surface area contributed by atoms with Crippen LogP contribution in [0.15, 0.2) is 52.9 Å². The van der Waals surface area contributed by atoms with Crippen molar-refractivity contribution in [2.75, 3.05) is 12.0 Å². The van der Waals surface area contributed by atoms with Gasteiger partial charge in [0.05, 0.1) is 28.6 Å². The summed E-state index contributed by atoms with van der Waals surface area (Å²) in [5, 5.41) is 7.88. The predicted octanol–water partition coefficient (Wildman–Crippen LogP) is 5.96. The summed E-state index contributed by atoms with van der Waals surface area (Å²) in [5.74, 6) is 0.846. The molecular formula is C18H15Cl2N3OS. The fourth-order valence-electron chi connectivity index (χ4n) is 2.09. The Morgan fingerprint density at radius 1 is 1.16 bits per heavy atom. The lowest BCUT2D eigenvalue weighted by Gasteiger charge is -2.02. The third-order valence-electron chi connectivity index (χ3n) is 3.28. The molecule has 0 saturated heterocycles. The Labute approximate surface area is 160 Å². The summed E-state index contributed by atoms with van der Waals surface area (Å²) in [6.07, 6.45) is 1.73. The summed E-state index contributed by atoms with van der Waals surface area (Å²) < 4.78 is 5.41. The maximum atomic E-state index is 6.05. The first kappa shape index (κ1) is 17.7. The molecule has 1 N–H and O–H groups in total. The molecule has 0 atom stereocenters. The average molecular weight is 392 g/mol. The van der Waals surface area contributed by atoms with Crippen molar-refractivity contribution in [3.8, 4) is 17.0 Å². The first-order valence-corrected chi connectivity index (χ1v) is 9.22. The molecule has 0 bridgehead atoms. The van der Waals surface area contributed by atoms with E-state index in [0.29, 0.717) is 21.8 Å². The molecule has 0 spiro atoms. The molecule has 25 heavy (non-hydrogen) atoms. The van der Waals surface area contributed by atoms with Crippen LogP contribution in [0.5, 0.6) is 5.75 Å². The Bertz CT molecular complexity index is 878. The van der Waals surface area contributed by atoms with Gasteiger partial charge in [-0.2, -0.15) is 5.10 Å². The summed E-state index contributed by atoms with van der Waals surface area (Å²) in [4.78, 5) is 4.49. The summed E-state index contributed by atoms with van der Waals surface area (Å²) in [7, 11) is 0. The number of hydrogen-bond acceptors (Lipinski definition) is 5. The summed E-state index contributed by atoms with van der Waals surface area (Å²) in [5.41, 5.74) is 5.64. The molecule has 2 aromatic carbocycles. The van der Waals surface area contributed by atoms with E-state index in [2.05, 4.69) is 15.5 Å². The number of hydrazone groups is 1. The quantitative estimate of drug-likeness (QED) is 0.416. The minimum Gasteiger partial charge on any atom is -0.494 e. The molecule has 3 rings (SSSR count). The van der Waals surface area contributed by atoms with E-state index in [0.717, 1.165) is 22.6 Å². The Morgan fingerprint density at radius 2 is 1.96 bits per heavy atom. The maximum Gasteiger partial charge on any atom is 0.203 e. The van der Waals surface area contributed by atoms with Crippen molar-refractivity contribution in [2.45, 2.75) is 6.92 Å². The molecule has 0 aliphatic carbocycles. The van der Waals surface area contributed by atoms with E-state index in [1.165, 1.54) is 11.3 Å². The van der Waals surface area contributed by atoms with Gasteiger partial charge >= 0.3 is 0 Å². The van der Waals surface area contributed by atoms with Crippen LogP contribution in [0.2, 0.25) is 10.0 Å². The van der Waals surface area contributed by atoms with Gasteiger partial charge in [-0.3, -0.25) is 5.43 Å². The van der Waals surface area contributed by atoms with Crippen molar-refractivity contribution in [2.24, 2.45) is 5.10 Å². The lowest BCUT2D eigenvalue weighted by atomic mass is 10.2. The van der Waals surface area contributed by atoms with Crippen molar-refractivity contribution < 1.29 is 4.74 Å². The maximum absolute atomic E-state index is 6.05. The second-order valence-corrected chi connectivity index (χ2v) is 6.71. The smallest absolute Gasteiger partial charge is 0.203 e. The standard InChI is InChI=1S/C18H15Cl2N3OS/c1-2-24-14-6-3-12(4-7-14)10-21-23-18-22-17(11-25-18)13-5-8-15(19)16(20)9-13/h3-11H,2H2,1H3,(H,22,23)/b21-10-. The zero-order valence-corrected chi connectivity index (χ0v) is 15.7. The number of hydrogen-bond donors (Lipinski definition) is 1. The van der Waals surface area contributed by atoms with Crippen LogP contribution in [0.1, 0.15) is 12.5 Å². The fraction of sp³-hybridized carbons (Fsp3) is 0.111. The normalized spacial score (nSPS) is 11.0. The molecule has 0 unspecified atom stereocenters. The zero-order chi connectivity index (χ0) is 17.6.